The van der Waals surface area contributed by atoms with Crippen molar-refractivity contribution in [1.29, 1.82) is 0 Å². The highest BCUT2D eigenvalue weighted by Crippen LogP contribution is 2.35. The maximum absolute atomic E-state index is 12.5. The van der Waals surface area contributed by atoms with E-state index in [9.17, 15) is 19.2 Å². The van der Waals surface area contributed by atoms with Gasteiger partial charge >= 0.3 is 11.9 Å². The molecule has 2 heterocycles. The zero-order valence-corrected chi connectivity index (χ0v) is 17.2. The molecule has 2 aliphatic rings. The molecule has 0 radical (unpaired) electrons. The van der Waals surface area contributed by atoms with Crippen molar-refractivity contribution in [2.75, 3.05) is 13.2 Å². The fraction of sp³-hybridized carbons (Fsp3) is 0.391. The molecule has 31 heavy (non-hydrogen) atoms. The van der Waals surface area contributed by atoms with E-state index in [0.717, 1.165) is 0 Å². The van der Waals surface area contributed by atoms with Crippen molar-refractivity contribution in [2.24, 2.45) is 11.8 Å². The molecule has 0 spiro atoms. The molecule has 1 aliphatic heterocycles. The van der Waals surface area contributed by atoms with Crippen molar-refractivity contribution >= 4 is 34.7 Å². The molecule has 1 saturated heterocycles. The Morgan fingerprint density at radius 3 is 2.42 bits per heavy atom. The number of esters is 2. The van der Waals surface area contributed by atoms with Crippen LogP contribution in [0.1, 0.15) is 42.3 Å². The Bertz CT molecular complexity index is 1040. The van der Waals surface area contributed by atoms with Crippen LogP contribution in [0.4, 0.5) is 0 Å². The topological polar surface area (TPSA) is 103 Å². The summed E-state index contributed by atoms with van der Waals surface area (Å²) in [6.45, 7) is 1.68. The van der Waals surface area contributed by atoms with Gasteiger partial charge in [-0.15, -0.1) is 0 Å². The van der Waals surface area contributed by atoms with Gasteiger partial charge in [-0.05, 0) is 25.8 Å². The number of para-hydroxylation sites is 1. The number of benzene rings is 1. The Balaban J connectivity index is 1.40. The van der Waals surface area contributed by atoms with Crippen molar-refractivity contribution in [1.82, 2.24) is 4.90 Å². The summed E-state index contributed by atoms with van der Waals surface area (Å²) in [6.07, 6.45) is 4.83. The Morgan fingerprint density at radius 1 is 1.06 bits per heavy atom. The molecule has 1 aromatic heterocycles. The molecule has 0 unspecified atom stereocenters. The molecule has 8 heteroatoms. The number of allylic oxidation sites excluding steroid dienone is 2. The summed E-state index contributed by atoms with van der Waals surface area (Å²) in [4.78, 5) is 50.7. The summed E-state index contributed by atoms with van der Waals surface area (Å²) in [5.41, 5.74) is 0.911. The normalized spacial score (nSPS) is 20.2. The lowest BCUT2D eigenvalue weighted by Crippen LogP contribution is -2.33. The molecular formula is C23H23NO7. The number of imide groups is 1. The van der Waals surface area contributed by atoms with Gasteiger partial charge < -0.3 is 13.9 Å². The van der Waals surface area contributed by atoms with E-state index >= 15 is 0 Å². The maximum Gasteiger partial charge on any atom is 0.374 e. The number of nitrogens with zero attached hydrogens (tertiary/aromatic N) is 1. The van der Waals surface area contributed by atoms with Crippen molar-refractivity contribution in [3.63, 3.8) is 0 Å². The number of furan rings is 1. The number of fused-ring (bicyclic) bond motifs is 2. The minimum absolute atomic E-state index is 0.00248. The molecule has 4 rings (SSSR count). The van der Waals surface area contributed by atoms with Gasteiger partial charge in [-0.3, -0.25) is 19.3 Å². The van der Waals surface area contributed by atoms with Crippen molar-refractivity contribution in [2.45, 2.75) is 32.8 Å². The number of carbonyl (C=O) groups is 4. The lowest BCUT2D eigenvalue weighted by molar-refractivity contribution is -0.146. The van der Waals surface area contributed by atoms with Gasteiger partial charge in [0.2, 0.25) is 17.6 Å². The van der Waals surface area contributed by atoms with E-state index in [1.165, 1.54) is 4.90 Å². The van der Waals surface area contributed by atoms with Crippen molar-refractivity contribution in [3.05, 3.63) is 47.7 Å². The molecule has 1 fully saturated rings. The quantitative estimate of drug-likeness (QED) is 0.382. The van der Waals surface area contributed by atoms with Crippen LogP contribution < -0.4 is 0 Å². The molecule has 1 aromatic carbocycles. The van der Waals surface area contributed by atoms with E-state index in [-0.39, 0.29) is 55.6 Å². The first-order valence-electron chi connectivity index (χ1n) is 10.3. The van der Waals surface area contributed by atoms with Gasteiger partial charge in [-0.25, -0.2) is 4.79 Å². The van der Waals surface area contributed by atoms with E-state index in [2.05, 4.69) is 0 Å². The van der Waals surface area contributed by atoms with E-state index in [0.29, 0.717) is 29.4 Å². The molecule has 0 saturated carbocycles. The van der Waals surface area contributed by atoms with Gasteiger partial charge in [0.25, 0.3) is 0 Å². The van der Waals surface area contributed by atoms with Crippen LogP contribution in [0.15, 0.2) is 40.8 Å². The second-order valence-electron chi connectivity index (χ2n) is 7.52. The predicted octanol–water partition coefficient (Wildman–Crippen LogP) is 2.99. The number of hydrogen-bond donors (Lipinski definition) is 0. The molecule has 2 aromatic rings. The SMILES string of the molecule is CCOC(=O)c1oc2ccccc2c1COC(=O)CCN1C(=O)[C@@H]2CC=CC[C@H]2C1=O. The average molecular weight is 425 g/mol. The third-order valence-corrected chi connectivity index (χ3v) is 5.68. The van der Waals surface area contributed by atoms with Crippen LogP contribution in [-0.2, 0) is 30.5 Å². The number of amides is 2. The van der Waals surface area contributed by atoms with Gasteiger partial charge in [-0.1, -0.05) is 30.4 Å². The van der Waals surface area contributed by atoms with Crippen molar-refractivity contribution < 1.29 is 33.1 Å². The Kier molecular flexibility index (Phi) is 5.88. The van der Waals surface area contributed by atoms with E-state index in [4.69, 9.17) is 13.9 Å². The zero-order chi connectivity index (χ0) is 22.0. The molecule has 1 aliphatic carbocycles. The third kappa shape index (κ3) is 3.97. The Morgan fingerprint density at radius 2 is 1.74 bits per heavy atom. The van der Waals surface area contributed by atoms with Gasteiger partial charge in [0.1, 0.15) is 12.2 Å². The highest BCUT2D eigenvalue weighted by atomic mass is 16.5. The van der Waals surface area contributed by atoms with Crippen LogP contribution in [0.2, 0.25) is 0 Å². The minimum atomic E-state index is -0.630. The number of carbonyl (C=O) groups excluding carboxylic acids is 4. The van der Waals surface area contributed by atoms with Gasteiger partial charge in [0, 0.05) is 11.9 Å². The second kappa shape index (κ2) is 8.75. The van der Waals surface area contributed by atoms with Crippen molar-refractivity contribution in [3.8, 4) is 0 Å². The lowest BCUT2D eigenvalue weighted by Gasteiger charge is -2.14. The highest BCUT2D eigenvalue weighted by Gasteiger charge is 2.46. The smallest absolute Gasteiger partial charge is 0.374 e. The highest BCUT2D eigenvalue weighted by molar-refractivity contribution is 6.05. The summed E-state index contributed by atoms with van der Waals surface area (Å²) >= 11 is 0. The molecule has 8 nitrogen and oxygen atoms in total. The molecule has 0 bridgehead atoms. The van der Waals surface area contributed by atoms with E-state index < -0.39 is 11.9 Å². The first-order valence-corrected chi connectivity index (χ1v) is 10.3. The summed E-state index contributed by atoms with van der Waals surface area (Å²) in [7, 11) is 0. The van der Waals surface area contributed by atoms with Gasteiger partial charge in [-0.2, -0.15) is 0 Å². The number of hydrogen-bond acceptors (Lipinski definition) is 7. The molecule has 2 atom stereocenters. The number of ether oxygens (including phenoxy) is 2. The first-order chi connectivity index (χ1) is 15.0. The first kappa shape index (κ1) is 20.8. The fourth-order valence-corrected chi connectivity index (χ4v) is 4.12. The molecular weight excluding hydrogens is 402 g/mol. The number of rotatable bonds is 7. The maximum atomic E-state index is 12.5. The molecule has 162 valence electrons. The van der Waals surface area contributed by atoms with Crippen LogP contribution in [0.25, 0.3) is 11.0 Å². The summed E-state index contributed by atoms with van der Waals surface area (Å²) < 4.78 is 16.0. The fourth-order valence-electron chi connectivity index (χ4n) is 4.12. The largest absolute Gasteiger partial charge is 0.461 e. The van der Waals surface area contributed by atoms with Gasteiger partial charge in [0.15, 0.2) is 0 Å². The Hall–Kier alpha value is -3.42. The summed E-state index contributed by atoms with van der Waals surface area (Å²) in [5.74, 6) is -2.30. The molecule has 0 N–H and O–H groups in total. The van der Waals surface area contributed by atoms with Crippen LogP contribution in [0.3, 0.4) is 0 Å². The monoisotopic (exact) mass is 425 g/mol. The average Bonchev–Trinajstić information content (AvgIpc) is 3.27. The van der Waals surface area contributed by atoms with E-state index in [1.54, 1.807) is 31.2 Å². The van der Waals surface area contributed by atoms with Crippen LogP contribution in [-0.4, -0.2) is 41.8 Å². The Labute approximate surface area is 178 Å². The lowest BCUT2D eigenvalue weighted by atomic mass is 9.85. The molecule has 2 amide bonds. The van der Waals surface area contributed by atoms with E-state index in [1.807, 2.05) is 12.2 Å². The summed E-state index contributed by atoms with van der Waals surface area (Å²) in [6, 6.07) is 7.04. The summed E-state index contributed by atoms with van der Waals surface area (Å²) in [5, 5.41) is 0.653. The zero-order valence-electron chi connectivity index (χ0n) is 17.2. The number of likely N-dealkylation sites (tertiary alicyclic amines) is 1. The van der Waals surface area contributed by atoms with Gasteiger partial charge in [0.05, 0.1) is 30.4 Å². The third-order valence-electron chi connectivity index (χ3n) is 5.68. The van der Waals surface area contributed by atoms with Crippen LogP contribution in [0, 0.1) is 11.8 Å². The minimum Gasteiger partial charge on any atom is -0.461 e. The van der Waals surface area contributed by atoms with Crippen LogP contribution >= 0.6 is 0 Å². The standard InChI is InChI=1S/C23H23NO7/c1-2-29-23(28)20-17(14-7-5-6-10-18(14)31-20)13-30-19(25)11-12-24-21(26)15-8-3-4-9-16(15)22(24)27/h3-7,10,15-16H,2,8-9,11-13H2,1H3/t15-,16-/m1/s1. The second-order valence-corrected chi connectivity index (χ2v) is 7.52. The predicted molar refractivity (Wildman–Crippen MR) is 109 cm³/mol. The van der Waals surface area contributed by atoms with Crippen LogP contribution in [0.5, 0.6) is 0 Å².